The van der Waals surface area contributed by atoms with Crippen molar-refractivity contribution in [3.05, 3.63) is 28.7 Å². The number of benzene rings is 1. The van der Waals surface area contributed by atoms with Crippen LogP contribution in [0.3, 0.4) is 0 Å². The minimum atomic E-state index is -1.82. The fourth-order valence-corrected chi connectivity index (χ4v) is 2.46. The number of aliphatic carboxylic acids is 2. The zero-order valence-electron chi connectivity index (χ0n) is 13.3. The molecule has 2 rings (SSSR count). The summed E-state index contributed by atoms with van der Waals surface area (Å²) < 4.78 is 12.2. The summed E-state index contributed by atoms with van der Waals surface area (Å²) in [6.45, 7) is 5.59. The molecule has 1 aromatic carbocycles. The fourth-order valence-electron chi connectivity index (χ4n) is 2.08. The molecule has 0 atom stereocenters. The SMILES string of the molecule is Brc1cccc(OCCOCCN2CCCC2)c1.O=C(O)C(=O)O. The lowest BCUT2D eigenvalue weighted by molar-refractivity contribution is -0.159. The quantitative estimate of drug-likeness (QED) is 0.531. The molecule has 7 nitrogen and oxygen atoms in total. The predicted octanol–water partition coefficient (Wildman–Crippen LogP) is 2.10. The first-order chi connectivity index (χ1) is 11.5. The second-order valence-corrected chi connectivity index (χ2v) is 5.99. The van der Waals surface area contributed by atoms with E-state index in [0.717, 1.165) is 23.4 Å². The Hall–Kier alpha value is -1.64. The van der Waals surface area contributed by atoms with Crippen molar-refractivity contribution >= 4 is 27.9 Å². The van der Waals surface area contributed by atoms with Crippen LogP contribution in [0.4, 0.5) is 0 Å². The molecule has 0 radical (unpaired) electrons. The number of carboxylic acids is 2. The molecule has 0 spiro atoms. The maximum Gasteiger partial charge on any atom is 0.414 e. The van der Waals surface area contributed by atoms with E-state index in [1.54, 1.807) is 0 Å². The number of rotatable bonds is 7. The van der Waals surface area contributed by atoms with Gasteiger partial charge in [-0.2, -0.15) is 0 Å². The van der Waals surface area contributed by atoms with Crippen molar-refractivity contribution in [3.63, 3.8) is 0 Å². The van der Waals surface area contributed by atoms with Crippen molar-refractivity contribution in [1.29, 1.82) is 0 Å². The average Bonchev–Trinajstić information content (AvgIpc) is 3.04. The van der Waals surface area contributed by atoms with Gasteiger partial charge in [-0.3, -0.25) is 0 Å². The molecule has 0 aliphatic carbocycles. The van der Waals surface area contributed by atoms with Crippen LogP contribution in [-0.2, 0) is 14.3 Å². The van der Waals surface area contributed by atoms with Crippen molar-refractivity contribution in [2.45, 2.75) is 12.8 Å². The Kier molecular flexibility index (Phi) is 10.1. The zero-order chi connectivity index (χ0) is 17.8. The monoisotopic (exact) mass is 403 g/mol. The van der Waals surface area contributed by atoms with Crippen molar-refractivity contribution in [3.8, 4) is 5.75 Å². The summed E-state index contributed by atoms with van der Waals surface area (Å²) in [5, 5.41) is 14.8. The normalized spacial score (nSPS) is 13.9. The van der Waals surface area contributed by atoms with Gasteiger partial charge in [-0.1, -0.05) is 22.0 Å². The Morgan fingerprint density at radius 1 is 1.08 bits per heavy atom. The Bertz CT molecular complexity index is 507. The standard InChI is InChI=1S/C14H20BrNO2.C2H2O4/c15-13-4-3-5-14(12-13)18-11-10-17-9-8-16-6-1-2-7-16;3-1(4)2(5)6/h3-5,12H,1-2,6-11H2;(H,3,4)(H,5,6). The van der Waals surface area contributed by atoms with Crippen LogP contribution in [-0.4, -0.2) is 66.5 Å². The molecule has 1 aliphatic rings. The fraction of sp³-hybridized carbons (Fsp3) is 0.500. The molecular weight excluding hydrogens is 382 g/mol. The molecule has 1 heterocycles. The minimum absolute atomic E-state index is 0.608. The highest BCUT2D eigenvalue weighted by Gasteiger charge is 2.10. The summed E-state index contributed by atoms with van der Waals surface area (Å²) in [6, 6.07) is 7.87. The van der Waals surface area contributed by atoms with Gasteiger partial charge in [-0.05, 0) is 44.1 Å². The van der Waals surface area contributed by atoms with Crippen molar-refractivity contribution in [1.82, 2.24) is 4.90 Å². The maximum atomic E-state index is 9.10. The lowest BCUT2D eigenvalue weighted by atomic mass is 10.3. The third kappa shape index (κ3) is 9.49. The van der Waals surface area contributed by atoms with Crippen LogP contribution in [0.2, 0.25) is 0 Å². The minimum Gasteiger partial charge on any atom is -0.491 e. The second-order valence-electron chi connectivity index (χ2n) is 5.08. The molecule has 1 fully saturated rings. The third-order valence-electron chi connectivity index (χ3n) is 3.23. The summed E-state index contributed by atoms with van der Waals surface area (Å²) in [5.74, 6) is -2.77. The van der Waals surface area contributed by atoms with Gasteiger partial charge in [0.25, 0.3) is 0 Å². The van der Waals surface area contributed by atoms with E-state index in [9.17, 15) is 0 Å². The van der Waals surface area contributed by atoms with Crippen LogP contribution in [0.15, 0.2) is 28.7 Å². The number of carbonyl (C=O) groups is 2. The number of halogens is 1. The summed E-state index contributed by atoms with van der Waals surface area (Å²) >= 11 is 3.42. The lowest BCUT2D eigenvalue weighted by Gasteiger charge is -2.14. The molecule has 1 aromatic rings. The largest absolute Gasteiger partial charge is 0.491 e. The number of likely N-dealkylation sites (tertiary alicyclic amines) is 1. The number of hydrogen-bond donors (Lipinski definition) is 2. The molecule has 0 amide bonds. The molecule has 0 saturated carbocycles. The van der Waals surface area contributed by atoms with Crippen molar-refractivity contribution in [2.24, 2.45) is 0 Å². The number of carboxylic acid groups (broad SMARTS) is 2. The molecule has 134 valence electrons. The average molecular weight is 404 g/mol. The Morgan fingerprint density at radius 2 is 1.75 bits per heavy atom. The second kappa shape index (κ2) is 11.8. The molecule has 2 N–H and O–H groups in total. The van der Waals surface area contributed by atoms with Gasteiger partial charge in [0.1, 0.15) is 12.4 Å². The summed E-state index contributed by atoms with van der Waals surface area (Å²) in [7, 11) is 0. The van der Waals surface area contributed by atoms with Gasteiger partial charge in [0.05, 0.1) is 13.2 Å². The van der Waals surface area contributed by atoms with Crippen LogP contribution in [0.5, 0.6) is 5.75 Å². The first-order valence-electron chi connectivity index (χ1n) is 7.63. The van der Waals surface area contributed by atoms with E-state index in [1.807, 2.05) is 24.3 Å². The van der Waals surface area contributed by atoms with Gasteiger partial charge in [0, 0.05) is 11.0 Å². The molecule has 1 aliphatic heterocycles. The van der Waals surface area contributed by atoms with E-state index in [4.69, 9.17) is 29.3 Å². The Balaban J connectivity index is 0.000000413. The van der Waals surface area contributed by atoms with Crippen molar-refractivity contribution in [2.75, 3.05) is 39.5 Å². The van der Waals surface area contributed by atoms with Crippen LogP contribution in [0, 0.1) is 0 Å². The summed E-state index contributed by atoms with van der Waals surface area (Å²) in [6.07, 6.45) is 2.68. The first kappa shape index (κ1) is 20.4. The zero-order valence-corrected chi connectivity index (χ0v) is 14.9. The van der Waals surface area contributed by atoms with Gasteiger partial charge in [0.15, 0.2) is 0 Å². The molecule has 0 aromatic heterocycles. The van der Waals surface area contributed by atoms with E-state index in [0.29, 0.717) is 13.2 Å². The van der Waals surface area contributed by atoms with E-state index in [2.05, 4.69) is 20.8 Å². The molecule has 0 bridgehead atoms. The molecule has 8 heteroatoms. The topological polar surface area (TPSA) is 96.3 Å². The molecule has 0 unspecified atom stereocenters. The Morgan fingerprint density at radius 3 is 2.33 bits per heavy atom. The van der Waals surface area contributed by atoms with Crippen molar-refractivity contribution < 1.29 is 29.3 Å². The highest BCUT2D eigenvalue weighted by Crippen LogP contribution is 2.17. The van der Waals surface area contributed by atoms with Gasteiger partial charge in [-0.15, -0.1) is 0 Å². The number of ether oxygens (including phenoxy) is 2. The predicted molar refractivity (Wildman–Crippen MR) is 91.4 cm³/mol. The van der Waals surface area contributed by atoms with Gasteiger partial charge in [-0.25, -0.2) is 9.59 Å². The molecular formula is C16H22BrNO6. The number of nitrogens with zero attached hydrogens (tertiary/aromatic N) is 1. The molecule has 24 heavy (non-hydrogen) atoms. The summed E-state index contributed by atoms with van der Waals surface area (Å²) in [4.78, 5) is 20.7. The van der Waals surface area contributed by atoms with Crippen LogP contribution < -0.4 is 4.74 Å². The van der Waals surface area contributed by atoms with E-state index in [1.165, 1.54) is 25.9 Å². The Labute approximate surface area is 149 Å². The lowest BCUT2D eigenvalue weighted by Crippen LogP contribution is -2.24. The van der Waals surface area contributed by atoms with Crippen LogP contribution >= 0.6 is 15.9 Å². The summed E-state index contributed by atoms with van der Waals surface area (Å²) in [5.41, 5.74) is 0. The van der Waals surface area contributed by atoms with Gasteiger partial charge < -0.3 is 24.6 Å². The number of hydrogen-bond acceptors (Lipinski definition) is 5. The molecule has 1 saturated heterocycles. The van der Waals surface area contributed by atoms with Gasteiger partial charge >= 0.3 is 11.9 Å². The third-order valence-corrected chi connectivity index (χ3v) is 3.72. The van der Waals surface area contributed by atoms with E-state index >= 15 is 0 Å². The highest BCUT2D eigenvalue weighted by molar-refractivity contribution is 9.10. The van der Waals surface area contributed by atoms with E-state index < -0.39 is 11.9 Å². The van der Waals surface area contributed by atoms with Gasteiger partial charge in [0.2, 0.25) is 0 Å². The maximum absolute atomic E-state index is 9.10. The first-order valence-corrected chi connectivity index (χ1v) is 8.43. The smallest absolute Gasteiger partial charge is 0.414 e. The van der Waals surface area contributed by atoms with Crippen LogP contribution in [0.25, 0.3) is 0 Å². The highest BCUT2D eigenvalue weighted by atomic mass is 79.9. The van der Waals surface area contributed by atoms with E-state index in [-0.39, 0.29) is 0 Å². The van der Waals surface area contributed by atoms with Crippen LogP contribution in [0.1, 0.15) is 12.8 Å².